The summed E-state index contributed by atoms with van der Waals surface area (Å²) in [6.45, 7) is 0. The third-order valence-electron chi connectivity index (χ3n) is 4.21. The third-order valence-corrected chi connectivity index (χ3v) is 6.31. The Morgan fingerprint density at radius 1 is 1.14 bits per heavy atom. The van der Waals surface area contributed by atoms with Crippen LogP contribution in [0.4, 0.5) is 11.9 Å². The quantitative estimate of drug-likeness (QED) is 0.385. The molecule has 2 N–H and O–H groups in total. The third kappa shape index (κ3) is 3.94. The largest absolute Gasteiger partial charge is 0.368 e. The average molecular weight is 426 g/mol. The molecule has 0 saturated heterocycles. The van der Waals surface area contributed by atoms with Crippen molar-refractivity contribution in [1.29, 1.82) is 0 Å². The lowest BCUT2D eigenvalue weighted by Gasteiger charge is -2.11. The molecule has 4 aromatic rings. The van der Waals surface area contributed by atoms with Crippen LogP contribution in [0.5, 0.6) is 0 Å². The van der Waals surface area contributed by atoms with Crippen molar-refractivity contribution in [2.24, 2.45) is 7.05 Å². The van der Waals surface area contributed by atoms with Crippen LogP contribution in [0.1, 0.15) is 5.82 Å². The molecule has 0 spiro atoms. The van der Waals surface area contributed by atoms with Gasteiger partial charge < -0.3 is 10.6 Å². The zero-order valence-electron chi connectivity index (χ0n) is 16.2. The minimum atomic E-state index is -0.0694. The van der Waals surface area contributed by atoms with E-state index in [2.05, 4.69) is 15.0 Å². The fourth-order valence-electron chi connectivity index (χ4n) is 2.74. The van der Waals surface area contributed by atoms with Crippen LogP contribution in [0, 0.1) is 0 Å². The first-order valence-corrected chi connectivity index (χ1v) is 10.6. The Morgan fingerprint density at radius 2 is 1.90 bits per heavy atom. The molecule has 0 aliphatic heterocycles. The van der Waals surface area contributed by atoms with E-state index in [9.17, 15) is 4.79 Å². The first-order valence-electron chi connectivity index (χ1n) is 8.79. The highest BCUT2D eigenvalue weighted by molar-refractivity contribution is 7.98. The molecule has 8 nitrogen and oxygen atoms in total. The van der Waals surface area contributed by atoms with Gasteiger partial charge in [-0.1, -0.05) is 42.1 Å². The first-order chi connectivity index (χ1) is 13.9. The molecule has 10 heteroatoms. The number of thiophene rings is 1. The Hall–Kier alpha value is -2.98. The Labute approximate surface area is 175 Å². The summed E-state index contributed by atoms with van der Waals surface area (Å²) in [7, 11) is 5.40. The lowest BCUT2D eigenvalue weighted by Crippen LogP contribution is -2.19. The van der Waals surface area contributed by atoms with Crippen LogP contribution in [0.15, 0.2) is 46.3 Å². The van der Waals surface area contributed by atoms with Gasteiger partial charge in [-0.15, -0.1) is 11.3 Å². The summed E-state index contributed by atoms with van der Waals surface area (Å²) in [4.78, 5) is 33.7. The van der Waals surface area contributed by atoms with E-state index in [1.807, 2.05) is 50.5 Å². The van der Waals surface area contributed by atoms with Crippen LogP contribution in [0.25, 0.3) is 20.7 Å². The molecule has 0 amide bonds. The fraction of sp³-hybridized carbons (Fsp3) is 0.211. The van der Waals surface area contributed by atoms with Crippen LogP contribution < -0.4 is 16.2 Å². The maximum atomic E-state index is 12.9. The molecule has 0 unspecified atom stereocenters. The van der Waals surface area contributed by atoms with Crippen LogP contribution in [-0.4, -0.2) is 38.6 Å². The predicted molar refractivity (Wildman–Crippen MR) is 118 cm³/mol. The number of nitrogens with zero attached hydrogens (tertiary/aromatic N) is 6. The van der Waals surface area contributed by atoms with E-state index in [1.54, 1.807) is 16.5 Å². The number of rotatable bonds is 5. The van der Waals surface area contributed by atoms with Gasteiger partial charge in [-0.3, -0.25) is 9.36 Å². The number of hydrogen-bond donors (Lipinski definition) is 1. The van der Waals surface area contributed by atoms with Crippen molar-refractivity contribution >= 4 is 45.2 Å². The highest BCUT2D eigenvalue weighted by Crippen LogP contribution is 2.32. The minimum absolute atomic E-state index is 0.0694. The number of benzene rings is 1. The molecule has 0 aliphatic rings. The van der Waals surface area contributed by atoms with Crippen LogP contribution in [0.2, 0.25) is 0 Å². The Balaban J connectivity index is 1.66. The summed E-state index contributed by atoms with van der Waals surface area (Å²) in [6, 6.07) is 11.9. The van der Waals surface area contributed by atoms with Crippen molar-refractivity contribution < 1.29 is 0 Å². The van der Waals surface area contributed by atoms with Gasteiger partial charge in [0.1, 0.15) is 10.7 Å². The number of nitrogen functional groups attached to an aromatic ring is 1. The number of hydrogen-bond acceptors (Lipinski definition) is 9. The summed E-state index contributed by atoms with van der Waals surface area (Å²) in [5, 5.41) is 1.23. The predicted octanol–water partition coefficient (Wildman–Crippen LogP) is 2.79. The van der Waals surface area contributed by atoms with E-state index in [0.717, 1.165) is 15.3 Å². The summed E-state index contributed by atoms with van der Waals surface area (Å²) in [6.07, 6.45) is 0. The van der Waals surface area contributed by atoms with E-state index >= 15 is 0 Å². The van der Waals surface area contributed by atoms with Crippen LogP contribution in [-0.2, 0) is 12.8 Å². The summed E-state index contributed by atoms with van der Waals surface area (Å²) in [5.41, 5.74) is 6.79. The number of fused-ring (bicyclic) bond motifs is 1. The first kappa shape index (κ1) is 19.3. The molecule has 0 bridgehead atoms. The maximum absolute atomic E-state index is 12.9. The van der Waals surface area contributed by atoms with E-state index in [0.29, 0.717) is 28.1 Å². The zero-order valence-corrected chi connectivity index (χ0v) is 17.8. The molecule has 4 rings (SSSR count). The molecule has 0 saturated carbocycles. The Kier molecular flexibility index (Phi) is 5.20. The average Bonchev–Trinajstić information content (AvgIpc) is 3.14. The molecule has 1 aromatic carbocycles. The minimum Gasteiger partial charge on any atom is -0.368 e. The smallest absolute Gasteiger partial charge is 0.262 e. The van der Waals surface area contributed by atoms with Gasteiger partial charge in [0.15, 0.2) is 5.16 Å². The van der Waals surface area contributed by atoms with Gasteiger partial charge in [0.05, 0.1) is 11.1 Å². The molecule has 0 aliphatic carbocycles. The standard InChI is InChI=1S/C19H19N7OS2/c1-25(2)18-22-14(21-17(20)24-18)10-28-19-23-15-12(16(27)26(19)3)9-13(29-15)11-7-5-4-6-8-11/h4-9H,10H2,1-3H3,(H2,20,21,22,24). The second-order valence-electron chi connectivity index (χ2n) is 6.55. The van der Waals surface area contributed by atoms with Gasteiger partial charge in [0, 0.05) is 26.0 Å². The SMILES string of the molecule is CN(C)c1nc(N)nc(CSc2nc3sc(-c4ccccc4)cc3c(=O)n2C)n1. The number of anilines is 2. The molecule has 3 aromatic heterocycles. The highest BCUT2D eigenvalue weighted by atomic mass is 32.2. The zero-order chi connectivity index (χ0) is 20.5. The van der Waals surface area contributed by atoms with E-state index in [-0.39, 0.29) is 11.5 Å². The van der Waals surface area contributed by atoms with Gasteiger partial charge in [0.2, 0.25) is 11.9 Å². The van der Waals surface area contributed by atoms with Crippen LogP contribution >= 0.6 is 23.1 Å². The summed E-state index contributed by atoms with van der Waals surface area (Å²) in [5.74, 6) is 1.63. The van der Waals surface area contributed by atoms with Gasteiger partial charge in [0.25, 0.3) is 5.56 Å². The molecule has 148 valence electrons. The lowest BCUT2D eigenvalue weighted by atomic mass is 10.2. The van der Waals surface area contributed by atoms with Crippen molar-refractivity contribution in [1.82, 2.24) is 24.5 Å². The molecule has 3 heterocycles. The highest BCUT2D eigenvalue weighted by Gasteiger charge is 2.14. The van der Waals surface area contributed by atoms with E-state index in [4.69, 9.17) is 10.7 Å². The van der Waals surface area contributed by atoms with Crippen molar-refractivity contribution in [3.05, 3.63) is 52.6 Å². The van der Waals surface area contributed by atoms with Crippen molar-refractivity contribution in [2.75, 3.05) is 24.7 Å². The molecule has 29 heavy (non-hydrogen) atoms. The molecule has 0 radical (unpaired) electrons. The van der Waals surface area contributed by atoms with Gasteiger partial charge in [-0.25, -0.2) is 4.98 Å². The fourth-order valence-corrected chi connectivity index (χ4v) is 4.64. The van der Waals surface area contributed by atoms with Crippen molar-refractivity contribution in [3.8, 4) is 10.4 Å². The van der Waals surface area contributed by atoms with E-state index in [1.165, 1.54) is 23.1 Å². The molecule has 0 fully saturated rings. The number of aromatic nitrogens is 5. The van der Waals surface area contributed by atoms with Gasteiger partial charge in [-0.05, 0) is 11.6 Å². The monoisotopic (exact) mass is 425 g/mol. The molecular weight excluding hydrogens is 406 g/mol. The Bertz CT molecular complexity index is 1230. The number of thioether (sulfide) groups is 1. The summed E-state index contributed by atoms with van der Waals surface area (Å²) < 4.78 is 1.56. The molecular formula is C19H19N7OS2. The Morgan fingerprint density at radius 3 is 2.62 bits per heavy atom. The summed E-state index contributed by atoms with van der Waals surface area (Å²) >= 11 is 2.91. The normalized spacial score (nSPS) is 11.1. The van der Waals surface area contributed by atoms with Gasteiger partial charge in [-0.2, -0.15) is 15.0 Å². The second kappa shape index (κ2) is 7.80. The topological polar surface area (TPSA) is 103 Å². The second-order valence-corrected chi connectivity index (χ2v) is 8.52. The van der Waals surface area contributed by atoms with E-state index < -0.39 is 0 Å². The van der Waals surface area contributed by atoms with Crippen LogP contribution in [0.3, 0.4) is 0 Å². The van der Waals surface area contributed by atoms with Gasteiger partial charge >= 0.3 is 0 Å². The molecule has 0 atom stereocenters. The van der Waals surface area contributed by atoms with Crippen molar-refractivity contribution in [2.45, 2.75) is 10.9 Å². The number of nitrogens with two attached hydrogens (primary N) is 1. The van der Waals surface area contributed by atoms with Crippen molar-refractivity contribution in [3.63, 3.8) is 0 Å². The lowest BCUT2D eigenvalue weighted by molar-refractivity contribution is 0.727. The maximum Gasteiger partial charge on any atom is 0.262 e.